The fraction of sp³-hybridized carbons (Fsp3) is 0.200. The highest BCUT2D eigenvalue weighted by molar-refractivity contribution is 7.99. The van der Waals surface area contributed by atoms with Gasteiger partial charge in [0.05, 0.1) is 0 Å². The normalized spacial score (nSPS) is 10.5. The molecule has 0 aliphatic carbocycles. The number of amides is 2. The zero-order valence-electron chi connectivity index (χ0n) is 15.5. The van der Waals surface area contributed by atoms with E-state index in [4.69, 9.17) is 0 Å². The van der Waals surface area contributed by atoms with Gasteiger partial charge in [-0.15, -0.1) is 10.2 Å². The molecule has 2 amide bonds. The number of rotatable bonds is 8. The standard InChI is InChI=1S/C20H21N5O2S/c1-25-14-22-24-20(25)28-17-11-9-16(10-12-17)23-18(26)8-5-13-21-19(27)15-6-3-2-4-7-15/h2-4,6-7,9-12,14H,5,8,13H2,1H3,(H,21,27)(H,23,26). The van der Waals surface area contributed by atoms with Gasteiger partial charge in [0.2, 0.25) is 5.91 Å². The van der Waals surface area contributed by atoms with E-state index >= 15 is 0 Å². The van der Waals surface area contributed by atoms with E-state index in [0.717, 1.165) is 15.7 Å². The fourth-order valence-electron chi connectivity index (χ4n) is 2.44. The Balaban J connectivity index is 1.39. The van der Waals surface area contributed by atoms with Crippen LogP contribution in [0, 0.1) is 0 Å². The smallest absolute Gasteiger partial charge is 0.251 e. The van der Waals surface area contributed by atoms with Gasteiger partial charge >= 0.3 is 0 Å². The van der Waals surface area contributed by atoms with Crippen LogP contribution in [0.1, 0.15) is 23.2 Å². The Bertz CT molecular complexity index is 925. The van der Waals surface area contributed by atoms with Crippen molar-refractivity contribution in [2.45, 2.75) is 22.9 Å². The number of hydrogen-bond acceptors (Lipinski definition) is 5. The first kappa shape index (κ1) is 19.6. The maximum absolute atomic E-state index is 12.1. The van der Waals surface area contributed by atoms with Gasteiger partial charge in [-0.25, -0.2) is 0 Å². The summed E-state index contributed by atoms with van der Waals surface area (Å²) in [5, 5.41) is 14.4. The van der Waals surface area contributed by atoms with Crippen LogP contribution in [0.15, 0.2) is 71.0 Å². The number of aryl methyl sites for hydroxylation is 1. The number of carbonyl (C=O) groups is 2. The first-order chi connectivity index (χ1) is 13.6. The van der Waals surface area contributed by atoms with Gasteiger partial charge in [-0.2, -0.15) is 0 Å². The van der Waals surface area contributed by atoms with E-state index in [1.807, 2.05) is 54.1 Å². The molecule has 0 unspecified atom stereocenters. The highest BCUT2D eigenvalue weighted by atomic mass is 32.2. The number of nitrogens with one attached hydrogen (secondary N) is 2. The fourth-order valence-corrected chi connectivity index (χ4v) is 3.20. The molecule has 0 bridgehead atoms. The zero-order chi connectivity index (χ0) is 19.8. The van der Waals surface area contributed by atoms with Crippen LogP contribution in [0.5, 0.6) is 0 Å². The molecule has 0 radical (unpaired) electrons. The quantitative estimate of drug-likeness (QED) is 0.572. The second-order valence-electron chi connectivity index (χ2n) is 6.12. The van der Waals surface area contributed by atoms with Gasteiger partial charge in [0.1, 0.15) is 6.33 Å². The summed E-state index contributed by atoms with van der Waals surface area (Å²) >= 11 is 1.50. The average Bonchev–Trinajstić information content (AvgIpc) is 3.12. The van der Waals surface area contributed by atoms with Crippen molar-refractivity contribution >= 4 is 29.3 Å². The first-order valence-electron chi connectivity index (χ1n) is 8.87. The Morgan fingerprint density at radius 1 is 1.07 bits per heavy atom. The molecule has 8 heteroatoms. The van der Waals surface area contributed by atoms with Crippen molar-refractivity contribution in [3.8, 4) is 0 Å². The molecule has 28 heavy (non-hydrogen) atoms. The predicted molar refractivity (Wildman–Crippen MR) is 108 cm³/mol. The number of benzene rings is 2. The second-order valence-corrected chi connectivity index (χ2v) is 7.17. The lowest BCUT2D eigenvalue weighted by Crippen LogP contribution is -2.25. The maximum atomic E-state index is 12.1. The summed E-state index contributed by atoms with van der Waals surface area (Å²) in [6.07, 6.45) is 2.56. The number of anilines is 1. The van der Waals surface area contributed by atoms with Gasteiger partial charge in [0.25, 0.3) is 5.91 Å². The van der Waals surface area contributed by atoms with Gasteiger partial charge in [0.15, 0.2) is 5.16 Å². The molecule has 7 nitrogen and oxygen atoms in total. The molecule has 3 aromatic rings. The van der Waals surface area contributed by atoms with Gasteiger partial charge in [-0.3, -0.25) is 9.59 Å². The van der Waals surface area contributed by atoms with Crippen molar-refractivity contribution in [1.82, 2.24) is 20.1 Å². The number of carbonyl (C=O) groups excluding carboxylic acids is 2. The van der Waals surface area contributed by atoms with Gasteiger partial charge in [-0.05, 0) is 54.6 Å². The van der Waals surface area contributed by atoms with E-state index in [2.05, 4.69) is 20.8 Å². The molecule has 0 saturated carbocycles. The van der Waals surface area contributed by atoms with Gasteiger partial charge in [-0.1, -0.05) is 18.2 Å². The summed E-state index contributed by atoms with van der Waals surface area (Å²) in [5.74, 6) is -0.209. The molecule has 0 saturated heterocycles. The molecule has 144 valence electrons. The lowest BCUT2D eigenvalue weighted by molar-refractivity contribution is -0.116. The molecule has 1 heterocycles. The van der Waals surface area contributed by atoms with Crippen LogP contribution < -0.4 is 10.6 Å². The molecule has 0 atom stereocenters. The van der Waals surface area contributed by atoms with Crippen LogP contribution in [-0.2, 0) is 11.8 Å². The maximum Gasteiger partial charge on any atom is 0.251 e. The van der Waals surface area contributed by atoms with Crippen LogP contribution in [0.3, 0.4) is 0 Å². The predicted octanol–water partition coefficient (Wildman–Crippen LogP) is 3.12. The molecule has 1 aromatic heterocycles. The van der Waals surface area contributed by atoms with Crippen LogP contribution in [0.4, 0.5) is 5.69 Å². The molecule has 0 aliphatic rings. The Hall–Kier alpha value is -3.13. The van der Waals surface area contributed by atoms with Crippen molar-refractivity contribution in [3.63, 3.8) is 0 Å². The second kappa shape index (κ2) is 9.70. The topological polar surface area (TPSA) is 88.9 Å². The van der Waals surface area contributed by atoms with Crippen LogP contribution in [0.2, 0.25) is 0 Å². The Kier molecular flexibility index (Phi) is 6.80. The van der Waals surface area contributed by atoms with Crippen LogP contribution >= 0.6 is 11.8 Å². The number of hydrogen-bond donors (Lipinski definition) is 2. The van der Waals surface area contributed by atoms with E-state index in [9.17, 15) is 9.59 Å². The van der Waals surface area contributed by atoms with Crippen molar-refractivity contribution in [1.29, 1.82) is 0 Å². The van der Waals surface area contributed by atoms with Crippen LogP contribution in [0.25, 0.3) is 0 Å². The Labute approximate surface area is 167 Å². The Morgan fingerprint density at radius 3 is 2.50 bits per heavy atom. The van der Waals surface area contributed by atoms with Crippen molar-refractivity contribution < 1.29 is 9.59 Å². The van der Waals surface area contributed by atoms with E-state index < -0.39 is 0 Å². The summed E-state index contributed by atoms with van der Waals surface area (Å²) in [6.45, 7) is 0.453. The summed E-state index contributed by atoms with van der Waals surface area (Å²) in [7, 11) is 1.89. The highest BCUT2D eigenvalue weighted by Crippen LogP contribution is 2.26. The van der Waals surface area contributed by atoms with E-state index in [1.54, 1.807) is 18.5 Å². The largest absolute Gasteiger partial charge is 0.352 e. The third-order valence-electron chi connectivity index (χ3n) is 3.92. The molecule has 2 aromatic carbocycles. The minimum atomic E-state index is -0.128. The zero-order valence-corrected chi connectivity index (χ0v) is 16.3. The monoisotopic (exact) mass is 395 g/mol. The molecular formula is C20H21N5O2S. The molecule has 0 spiro atoms. The number of nitrogens with zero attached hydrogens (tertiary/aromatic N) is 3. The van der Waals surface area contributed by atoms with E-state index in [-0.39, 0.29) is 11.8 Å². The number of aromatic nitrogens is 3. The summed E-state index contributed by atoms with van der Waals surface area (Å²) in [5.41, 5.74) is 1.35. The van der Waals surface area contributed by atoms with Gasteiger partial charge < -0.3 is 15.2 Å². The average molecular weight is 395 g/mol. The SMILES string of the molecule is Cn1cnnc1Sc1ccc(NC(=O)CCCNC(=O)c2ccccc2)cc1. The van der Waals surface area contributed by atoms with Gasteiger partial charge in [0, 0.05) is 36.2 Å². The lowest BCUT2D eigenvalue weighted by Gasteiger charge is -2.07. The summed E-state index contributed by atoms with van der Waals surface area (Å²) < 4.78 is 1.84. The lowest BCUT2D eigenvalue weighted by atomic mass is 10.2. The summed E-state index contributed by atoms with van der Waals surface area (Å²) in [4.78, 5) is 25.0. The molecule has 0 aliphatic heterocycles. The van der Waals surface area contributed by atoms with E-state index in [0.29, 0.717) is 24.9 Å². The molecule has 2 N–H and O–H groups in total. The summed E-state index contributed by atoms with van der Waals surface area (Å²) in [6, 6.07) is 16.6. The third kappa shape index (κ3) is 5.68. The van der Waals surface area contributed by atoms with Crippen molar-refractivity contribution in [2.75, 3.05) is 11.9 Å². The molecular weight excluding hydrogens is 374 g/mol. The van der Waals surface area contributed by atoms with Crippen molar-refractivity contribution in [3.05, 3.63) is 66.5 Å². The molecule has 3 rings (SSSR count). The van der Waals surface area contributed by atoms with Crippen molar-refractivity contribution in [2.24, 2.45) is 7.05 Å². The third-order valence-corrected chi connectivity index (χ3v) is 4.98. The Morgan fingerprint density at radius 2 is 1.82 bits per heavy atom. The first-order valence-corrected chi connectivity index (χ1v) is 9.68. The van der Waals surface area contributed by atoms with Crippen LogP contribution in [-0.4, -0.2) is 33.1 Å². The molecule has 0 fully saturated rings. The minimum absolute atomic E-state index is 0.0809. The minimum Gasteiger partial charge on any atom is -0.352 e. The highest BCUT2D eigenvalue weighted by Gasteiger charge is 2.07. The van der Waals surface area contributed by atoms with E-state index in [1.165, 1.54) is 11.8 Å².